The highest BCUT2D eigenvalue weighted by atomic mass is 32.2. The number of aryl methyl sites for hydroxylation is 2. The van der Waals surface area contributed by atoms with Gasteiger partial charge in [0.1, 0.15) is 5.75 Å². The molecule has 22 heavy (non-hydrogen) atoms. The summed E-state index contributed by atoms with van der Waals surface area (Å²) < 4.78 is 5.78. The molecule has 0 aliphatic rings. The maximum Gasteiger partial charge on any atom is 0.188 e. The lowest BCUT2D eigenvalue weighted by Gasteiger charge is -2.19. The summed E-state index contributed by atoms with van der Waals surface area (Å²) in [5.74, 6) is 1.75. The van der Waals surface area contributed by atoms with Crippen molar-refractivity contribution in [1.29, 1.82) is 0 Å². The van der Waals surface area contributed by atoms with Crippen LogP contribution in [0.5, 0.6) is 5.75 Å². The molecule has 1 aromatic heterocycles. The number of hydrogen-bond acceptors (Lipinski definition) is 4. The third kappa shape index (κ3) is 5.02. The number of hydrogen-bond donors (Lipinski definition) is 0. The minimum absolute atomic E-state index is 0.175. The zero-order valence-electron chi connectivity index (χ0n) is 14.0. The predicted molar refractivity (Wildman–Crippen MR) is 92.9 cm³/mol. The number of aromatic nitrogens is 2. The Balaban J connectivity index is 1.81. The van der Waals surface area contributed by atoms with E-state index in [2.05, 4.69) is 42.9 Å². The van der Waals surface area contributed by atoms with Crippen LogP contribution in [0.15, 0.2) is 35.5 Å². The molecule has 0 aliphatic carbocycles. The van der Waals surface area contributed by atoms with Crippen LogP contribution in [-0.2, 0) is 5.41 Å². The van der Waals surface area contributed by atoms with Gasteiger partial charge in [-0.1, -0.05) is 44.7 Å². The number of nitrogens with zero attached hydrogens (tertiary/aromatic N) is 2. The number of benzene rings is 1. The largest absolute Gasteiger partial charge is 0.493 e. The van der Waals surface area contributed by atoms with Gasteiger partial charge in [-0.25, -0.2) is 9.97 Å². The second-order valence-electron chi connectivity index (χ2n) is 6.40. The number of ether oxygens (including phenoxy) is 1. The lowest BCUT2D eigenvalue weighted by molar-refractivity contribution is 0.343. The Kier molecular flexibility index (Phi) is 5.46. The van der Waals surface area contributed by atoms with Gasteiger partial charge in [-0.15, -0.1) is 0 Å². The van der Waals surface area contributed by atoms with Crippen LogP contribution in [0.1, 0.15) is 37.7 Å². The molecule has 1 heterocycles. The highest BCUT2D eigenvalue weighted by Crippen LogP contribution is 2.24. The van der Waals surface area contributed by atoms with Gasteiger partial charge in [-0.2, -0.15) is 0 Å². The standard InChI is InChI=1S/C18H24N2OS/c1-13-12-14(2)20-17(19-13)22-11-10-21-16-8-6-15(7-9-16)18(3,4)5/h6-9,12H,10-11H2,1-5H3. The van der Waals surface area contributed by atoms with Crippen molar-refractivity contribution in [3.8, 4) is 5.75 Å². The average molecular weight is 316 g/mol. The molecular weight excluding hydrogens is 292 g/mol. The van der Waals surface area contributed by atoms with Crippen LogP contribution in [0.25, 0.3) is 0 Å². The summed E-state index contributed by atoms with van der Waals surface area (Å²) in [6.45, 7) is 11.3. The summed E-state index contributed by atoms with van der Waals surface area (Å²) in [5, 5.41) is 0.823. The number of rotatable bonds is 5. The fourth-order valence-electron chi connectivity index (χ4n) is 2.10. The van der Waals surface area contributed by atoms with Crippen LogP contribution in [0.2, 0.25) is 0 Å². The molecule has 2 aromatic rings. The molecule has 0 saturated heterocycles. The molecule has 4 heteroatoms. The van der Waals surface area contributed by atoms with Crippen molar-refractivity contribution in [2.45, 2.75) is 45.2 Å². The Labute approximate surface area is 137 Å². The van der Waals surface area contributed by atoms with E-state index in [4.69, 9.17) is 4.74 Å². The molecule has 0 fully saturated rings. The quantitative estimate of drug-likeness (QED) is 0.460. The van der Waals surface area contributed by atoms with Gasteiger partial charge in [0.2, 0.25) is 0 Å². The van der Waals surface area contributed by atoms with E-state index in [1.807, 2.05) is 32.0 Å². The zero-order valence-corrected chi connectivity index (χ0v) is 14.8. The van der Waals surface area contributed by atoms with Gasteiger partial charge in [-0.3, -0.25) is 0 Å². The summed E-state index contributed by atoms with van der Waals surface area (Å²) in [7, 11) is 0. The molecule has 0 saturated carbocycles. The second kappa shape index (κ2) is 7.14. The molecule has 0 radical (unpaired) electrons. The van der Waals surface area contributed by atoms with Crippen LogP contribution >= 0.6 is 11.8 Å². The summed E-state index contributed by atoms with van der Waals surface area (Å²) in [6.07, 6.45) is 0. The van der Waals surface area contributed by atoms with E-state index in [9.17, 15) is 0 Å². The normalized spacial score (nSPS) is 11.5. The van der Waals surface area contributed by atoms with Gasteiger partial charge in [-0.05, 0) is 43.0 Å². The lowest BCUT2D eigenvalue weighted by Crippen LogP contribution is -2.10. The highest BCUT2D eigenvalue weighted by Gasteiger charge is 2.12. The van der Waals surface area contributed by atoms with Crippen LogP contribution in [0.4, 0.5) is 0 Å². The average Bonchev–Trinajstić information content (AvgIpc) is 2.42. The van der Waals surface area contributed by atoms with Crippen molar-refractivity contribution < 1.29 is 4.74 Å². The van der Waals surface area contributed by atoms with Crippen molar-refractivity contribution in [3.05, 3.63) is 47.3 Å². The molecule has 0 spiro atoms. The van der Waals surface area contributed by atoms with Crippen LogP contribution in [0.3, 0.4) is 0 Å². The summed E-state index contributed by atoms with van der Waals surface area (Å²) >= 11 is 1.63. The van der Waals surface area contributed by atoms with E-state index in [-0.39, 0.29) is 5.41 Å². The van der Waals surface area contributed by atoms with Crippen molar-refractivity contribution in [2.75, 3.05) is 12.4 Å². The maximum absolute atomic E-state index is 5.78. The molecule has 0 amide bonds. The van der Waals surface area contributed by atoms with Crippen LogP contribution in [-0.4, -0.2) is 22.3 Å². The van der Waals surface area contributed by atoms with E-state index in [1.165, 1.54) is 5.56 Å². The van der Waals surface area contributed by atoms with Crippen LogP contribution < -0.4 is 4.74 Å². The van der Waals surface area contributed by atoms with Crippen molar-refractivity contribution in [1.82, 2.24) is 9.97 Å². The zero-order chi connectivity index (χ0) is 16.2. The smallest absolute Gasteiger partial charge is 0.188 e. The first kappa shape index (κ1) is 16.8. The third-order valence-corrected chi connectivity index (χ3v) is 4.08. The van der Waals surface area contributed by atoms with Crippen LogP contribution in [0, 0.1) is 13.8 Å². The first-order chi connectivity index (χ1) is 10.3. The van der Waals surface area contributed by atoms with E-state index in [0.717, 1.165) is 28.0 Å². The van der Waals surface area contributed by atoms with Gasteiger partial charge < -0.3 is 4.74 Å². The Bertz CT molecular complexity index is 598. The molecule has 118 valence electrons. The molecule has 3 nitrogen and oxygen atoms in total. The molecule has 0 unspecified atom stereocenters. The van der Waals surface area contributed by atoms with E-state index in [1.54, 1.807) is 11.8 Å². The Hall–Kier alpha value is -1.55. The van der Waals surface area contributed by atoms with Gasteiger partial charge in [0.25, 0.3) is 0 Å². The third-order valence-electron chi connectivity index (χ3n) is 3.27. The maximum atomic E-state index is 5.78. The molecule has 2 rings (SSSR count). The molecule has 0 aliphatic heterocycles. The predicted octanol–water partition coefficient (Wildman–Crippen LogP) is 4.56. The monoisotopic (exact) mass is 316 g/mol. The van der Waals surface area contributed by atoms with Crippen molar-refractivity contribution >= 4 is 11.8 Å². The minimum Gasteiger partial charge on any atom is -0.493 e. The number of thioether (sulfide) groups is 1. The topological polar surface area (TPSA) is 35.0 Å². The first-order valence-electron chi connectivity index (χ1n) is 7.53. The first-order valence-corrected chi connectivity index (χ1v) is 8.51. The second-order valence-corrected chi connectivity index (χ2v) is 7.47. The fraction of sp³-hybridized carbons (Fsp3) is 0.444. The van der Waals surface area contributed by atoms with Gasteiger partial charge in [0, 0.05) is 17.1 Å². The molecule has 0 bridgehead atoms. The summed E-state index contributed by atoms with van der Waals surface area (Å²) in [6, 6.07) is 10.3. The van der Waals surface area contributed by atoms with Crippen molar-refractivity contribution in [2.24, 2.45) is 0 Å². The fourth-order valence-corrected chi connectivity index (χ4v) is 2.87. The molecular formula is C18H24N2OS. The van der Waals surface area contributed by atoms with Crippen molar-refractivity contribution in [3.63, 3.8) is 0 Å². The Morgan fingerprint density at radius 1 is 1.00 bits per heavy atom. The lowest BCUT2D eigenvalue weighted by atomic mass is 9.87. The van der Waals surface area contributed by atoms with Gasteiger partial charge in [0.15, 0.2) is 5.16 Å². The Morgan fingerprint density at radius 2 is 1.59 bits per heavy atom. The molecule has 1 aromatic carbocycles. The van der Waals surface area contributed by atoms with E-state index < -0.39 is 0 Å². The van der Waals surface area contributed by atoms with E-state index in [0.29, 0.717) is 6.61 Å². The molecule has 0 atom stereocenters. The van der Waals surface area contributed by atoms with Gasteiger partial charge in [0.05, 0.1) is 6.61 Å². The Morgan fingerprint density at radius 3 is 2.14 bits per heavy atom. The minimum atomic E-state index is 0.175. The SMILES string of the molecule is Cc1cc(C)nc(SCCOc2ccc(C(C)(C)C)cc2)n1. The summed E-state index contributed by atoms with van der Waals surface area (Å²) in [5.41, 5.74) is 3.51. The molecule has 0 N–H and O–H groups in total. The summed E-state index contributed by atoms with van der Waals surface area (Å²) in [4.78, 5) is 8.83. The highest BCUT2D eigenvalue weighted by molar-refractivity contribution is 7.99. The van der Waals surface area contributed by atoms with Gasteiger partial charge >= 0.3 is 0 Å². The van der Waals surface area contributed by atoms with E-state index >= 15 is 0 Å².